The first-order valence-electron chi connectivity index (χ1n) is 6.85. The molecule has 1 aromatic heterocycles. The number of ether oxygens (including phenoxy) is 1. The van der Waals surface area contributed by atoms with Crippen LogP contribution in [0.4, 0.5) is 11.5 Å². The molecule has 0 amide bonds. The monoisotopic (exact) mass is 385 g/mol. The van der Waals surface area contributed by atoms with Crippen LogP contribution in [0, 0.1) is 10.1 Å². The summed E-state index contributed by atoms with van der Waals surface area (Å²) < 4.78 is 32.0. The fourth-order valence-electron chi connectivity index (χ4n) is 1.85. The second kappa shape index (κ2) is 7.45. The number of aromatic nitrogens is 1. The lowest BCUT2D eigenvalue weighted by atomic mass is 10.2. The highest BCUT2D eigenvalue weighted by Gasteiger charge is 2.24. The number of nitro benzene ring substituents is 1. The summed E-state index contributed by atoms with van der Waals surface area (Å²) in [5.74, 6) is -1.04. The number of sulfonamides is 1. The Hall–Kier alpha value is -2.72. The van der Waals surface area contributed by atoms with Crippen molar-refractivity contribution >= 4 is 39.1 Å². The highest BCUT2D eigenvalue weighted by Crippen LogP contribution is 2.28. The normalized spacial score (nSPS) is 11.0. The average molecular weight is 386 g/mol. The van der Waals surface area contributed by atoms with Crippen molar-refractivity contribution in [3.05, 3.63) is 57.2 Å². The molecule has 1 heterocycles. The van der Waals surface area contributed by atoms with Crippen molar-refractivity contribution in [3.8, 4) is 0 Å². The van der Waals surface area contributed by atoms with Gasteiger partial charge < -0.3 is 4.74 Å². The van der Waals surface area contributed by atoms with E-state index in [1.807, 2.05) is 0 Å². The van der Waals surface area contributed by atoms with Gasteiger partial charge in [-0.05, 0) is 25.1 Å². The molecule has 1 aromatic carbocycles. The number of pyridine rings is 1. The SMILES string of the molecule is CCOC(=O)c1cccnc1NS(=O)(=O)c1cc([N+](=O)[O-])ccc1Cl. The third-order valence-electron chi connectivity index (χ3n) is 2.95. The number of nitro groups is 1. The highest BCUT2D eigenvalue weighted by molar-refractivity contribution is 7.92. The van der Waals surface area contributed by atoms with Crippen LogP contribution < -0.4 is 4.72 Å². The second-order valence-electron chi connectivity index (χ2n) is 4.60. The smallest absolute Gasteiger partial charge is 0.341 e. The molecule has 0 aliphatic heterocycles. The van der Waals surface area contributed by atoms with Crippen LogP contribution in [0.1, 0.15) is 17.3 Å². The molecule has 0 unspecified atom stereocenters. The summed E-state index contributed by atoms with van der Waals surface area (Å²) >= 11 is 5.85. The third kappa shape index (κ3) is 4.22. The van der Waals surface area contributed by atoms with E-state index in [2.05, 4.69) is 9.71 Å². The lowest BCUT2D eigenvalue weighted by Crippen LogP contribution is -2.18. The van der Waals surface area contributed by atoms with Crippen molar-refractivity contribution in [1.29, 1.82) is 0 Å². The summed E-state index contributed by atoms with van der Waals surface area (Å²) in [6, 6.07) is 5.75. The van der Waals surface area contributed by atoms with Gasteiger partial charge >= 0.3 is 5.97 Å². The maximum atomic E-state index is 12.5. The first-order valence-corrected chi connectivity index (χ1v) is 8.71. The van der Waals surface area contributed by atoms with Gasteiger partial charge in [0.1, 0.15) is 10.5 Å². The number of hydrogen-bond donors (Lipinski definition) is 1. The van der Waals surface area contributed by atoms with E-state index in [4.69, 9.17) is 16.3 Å². The molecule has 1 N–H and O–H groups in total. The van der Waals surface area contributed by atoms with Gasteiger partial charge in [-0.1, -0.05) is 11.6 Å². The third-order valence-corrected chi connectivity index (χ3v) is 4.77. The van der Waals surface area contributed by atoms with Crippen molar-refractivity contribution in [2.24, 2.45) is 0 Å². The first-order chi connectivity index (χ1) is 11.8. The Balaban J connectivity index is 2.46. The number of nitrogens with zero attached hydrogens (tertiary/aromatic N) is 2. The second-order valence-corrected chi connectivity index (χ2v) is 6.66. The molecular formula is C14H12ClN3O6S. The Morgan fingerprint density at radius 1 is 1.40 bits per heavy atom. The van der Waals surface area contributed by atoms with E-state index in [0.29, 0.717) is 0 Å². The van der Waals surface area contributed by atoms with Crippen LogP contribution in [0.2, 0.25) is 5.02 Å². The molecule has 0 saturated heterocycles. The number of benzene rings is 1. The number of anilines is 1. The van der Waals surface area contributed by atoms with Gasteiger partial charge in [0.15, 0.2) is 5.82 Å². The Kier molecular flexibility index (Phi) is 5.55. The largest absolute Gasteiger partial charge is 0.462 e. The van der Waals surface area contributed by atoms with Crippen molar-refractivity contribution in [1.82, 2.24) is 4.98 Å². The fraction of sp³-hybridized carbons (Fsp3) is 0.143. The van der Waals surface area contributed by atoms with Crippen LogP contribution in [-0.4, -0.2) is 30.9 Å². The van der Waals surface area contributed by atoms with Gasteiger partial charge in [-0.15, -0.1) is 0 Å². The summed E-state index contributed by atoms with van der Waals surface area (Å²) in [7, 11) is -4.33. The minimum Gasteiger partial charge on any atom is -0.462 e. The number of non-ortho nitro benzene ring substituents is 1. The van der Waals surface area contributed by atoms with Crippen molar-refractivity contribution in [2.45, 2.75) is 11.8 Å². The van der Waals surface area contributed by atoms with Gasteiger partial charge in [0.2, 0.25) is 0 Å². The van der Waals surface area contributed by atoms with Gasteiger partial charge in [0.25, 0.3) is 15.7 Å². The van der Waals surface area contributed by atoms with Crippen LogP contribution in [-0.2, 0) is 14.8 Å². The van der Waals surface area contributed by atoms with E-state index in [9.17, 15) is 23.3 Å². The Bertz CT molecular complexity index is 932. The lowest BCUT2D eigenvalue weighted by molar-refractivity contribution is -0.385. The number of halogens is 1. The number of rotatable bonds is 6. The summed E-state index contributed by atoms with van der Waals surface area (Å²) in [5, 5.41) is 10.6. The average Bonchev–Trinajstić information content (AvgIpc) is 2.55. The van der Waals surface area contributed by atoms with Crippen molar-refractivity contribution in [3.63, 3.8) is 0 Å². The van der Waals surface area contributed by atoms with Gasteiger partial charge in [0, 0.05) is 18.3 Å². The van der Waals surface area contributed by atoms with Crippen molar-refractivity contribution in [2.75, 3.05) is 11.3 Å². The van der Waals surface area contributed by atoms with Crippen LogP contribution in [0.3, 0.4) is 0 Å². The molecule has 0 spiro atoms. The topological polar surface area (TPSA) is 128 Å². The number of carbonyl (C=O) groups is 1. The molecule has 9 nitrogen and oxygen atoms in total. The van der Waals surface area contributed by atoms with Crippen LogP contribution in [0.25, 0.3) is 0 Å². The van der Waals surface area contributed by atoms with E-state index in [1.165, 1.54) is 18.3 Å². The fourth-order valence-corrected chi connectivity index (χ4v) is 3.40. The van der Waals surface area contributed by atoms with E-state index in [1.54, 1.807) is 6.92 Å². The quantitative estimate of drug-likeness (QED) is 0.459. The zero-order valence-electron chi connectivity index (χ0n) is 12.8. The Morgan fingerprint density at radius 3 is 2.76 bits per heavy atom. The lowest BCUT2D eigenvalue weighted by Gasteiger charge is -2.11. The Labute approximate surface area is 147 Å². The molecule has 2 rings (SSSR count). The molecule has 2 aromatic rings. The zero-order chi connectivity index (χ0) is 18.6. The van der Waals surface area contributed by atoms with E-state index >= 15 is 0 Å². The molecule has 11 heteroatoms. The zero-order valence-corrected chi connectivity index (χ0v) is 14.4. The standard InChI is InChI=1S/C14H12ClN3O6S/c1-2-24-14(19)10-4-3-7-16-13(10)17-25(22,23)12-8-9(18(20)21)5-6-11(12)15/h3-8H,2H2,1H3,(H,16,17). The molecule has 0 aliphatic carbocycles. The summed E-state index contributed by atoms with van der Waals surface area (Å²) in [6.45, 7) is 1.69. The van der Waals surface area contributed by atoms with Crippen LogP contribution in [0.15, 0.2) is 41.4 Å². The van der Waals surface area contributed by atoms with E-state index in [0.717, 1.165) is 18.2 Å². The number of hydrogen-bond acceptors (Lipinski definition) is 7. The molecule has 0 bridgehead atoms. The molecule has 0 fully saturated rings. The molecule has 0 atom stereocenters. The number of carbonyl (C=O) groups excluding carboxylic acids is 1. The summed E-state index contributed by atoms with van der Waals surface area (Å²) in [6.07, 6.45) is 1.27. The summed E-state index contributed by atoms with van der Waals surface area (Å²) in [4.78, 5) is 25.3. The van der Waals surface area contributed by atoms with Gasteiger partial charge in [-0.2, -0.15) is 0 Å². The maximum Gasteiger partial charge on any atom is 0.341 e. The van der Waals surface area contributed by atoms with E-state index in [-0.39, 0.29) is 23.0 Å². The summed E-state index contributed by atoms with van der Waals surface area (Å²) in [5.41, 5.74) is -0.550. The minimum absolute atomic E-state index is 0.0939. The molecule has 0 radical (unpaired) electrons. The van der Waals surface area contributed by atoms with Crippen LogP contribution in [0.5, 0.6) is 0 Å². The first kappa shape index (κ1) is 18.6. The van der Waals surface area contributed by atoms with Gasteiger partial charge in [0.05, 0.1) is 16.6 Å². The molecular weight excluding hydrogens is 374 g/mol. The van der Waals surface area contributed by atoms with Crippen LogP contribution >= 0.6 is 11.6 Å². The molecule has 0 aliphatic rings. The van der Waals surface area contributed by atoms with Gasteiger partial charge in [-0.3, -0.25) is 14.8 Å². The molecule has 0 saturated carbocycles. The molecule has 132 valence electrons. The van der Waals surface area contributed by atoms with E-state index < -0.39 is 31.5 Å². The van der Waals surface area contributed by atoms with Gasteiger partial charge in [-0.25, -0.2) is 18.2 Å². The maximum absolute atomic E-state index is 12.5. The predicted octanol–water partition coefficient (Wildman–Crippen LogP) is 2.62. The predicted molar refractivity (Wildman–Crippen MR) is 89.1 cm³/mol. The Morgan fingerprint density at radius 2 is 2.12 bits per heavy atom. The van der Waals surface area contributed by atoms with Crippen molar-refractivity contribution < 1.29 is 22.9 Å². The number of esters is 1. The molecule has 25 heavy (non-hydrogen) atoms. The number of nitrogens with one attached hydrogen (secondary N) is 1. The minimum atomic E-state index is -4.33. The highest BCUT2D eigenvalue weighted by atomic mass is 35.5.